The molecule has 0 saturated carbocycles. The number of urea groups is 1. The fraction of sp³-hybridized carbons (Fsp3) is 0.500. The maximum absolute atomic E-state index is 13.8. The average molecular weight is 615 g/mol. The van der Waals surface area contributed by atoms with Crippen LogP contribution in [-0.4, -0.2) is 30.0 Å². The number of aryl methyl sites for hydroxylation is 2. The summed E-state index contributed by atoms with van der Waals surface area (Å²) in [7, 11) is 0. The van der Waals surface area contributed by atoms with Crippen LogP contribution < -0.4 is 15.7 Å². The monoisotopic (exact) mass is 614 g/mol. The highest BCUT2D eigenvalue weighted by molar-refractivity contribution is 6.07. The molecule has 238 valence electrons. The normalized spacial score (nSPS) is 17.4. The fourth-order valence-corrected chi connectivity index (χ4v) is 5.70. The first-order valence-electron chi connectivity index (χ1n) is 15.2. The molecule has 1 unspecified atom stereocenters. The van der Waals surface area contributed by atoms with Crippen LogP contribution in [-0.2, 0) is 34.8 Å². The van der Waals surface area contributed by atoms with Gasteiger partial charge in [0.15, 0.2) is 0 Å². The van der Waals surface area contributed by atoms with Crippen molar-refractivity contribution in [3.05, 3.63) is 74.6 Å². The number of benzene rings is 2. The van der Waals surface area contributed by atoms with Gasteiger partial charge in [-0.25, -0.2) is 9.59 Å². The maximum atomic E-state index is 13.8. The largest absolute Gasteiger partial charge is 0.493 e. The lowest BCUT2D eigenvalue weighted by Gasteiger charge is -2.24. The van der Waals surface area contributed by atoms with Crippen molar-refractivity contribution in [3.63, 3.8) is 0 Å². The molecule has 0 bridgehead atoms. The van der Waals surface area contributed by atoms with Crippen LogP contribution in [0, 0.1) is 0 Å². The predicted octanol–water partition coefficient (Wildman–Crippen LogP) is 7.64. The van der Waals surface area contributed by atoms with Crippen LogP contribution in [0.5, 0.6) is 5.75 Å². The Morgan fingerprint density at radius 3 is 2.20 bits per heavy atom. The van der Waals surface area contributed by atoms with Gasteiger partial charge in [0, 0.05) is 23.6 Å². The van der Waals surface area contributed by atoms with Crippen LogP contribution in [0.25, 0.3) is 11.0 Å². The molecular weight excluding hydrogens is 573 g/mol. The van der Waals surface area contributed by atoms with E-state index >= 15 is 0 Å². The summed E-state index contributed by atoms with van der Waals surface area (Å²) in [5.74, 6) is 0.109. The third kappa shape index (κ3) is 6.64. The molecule has 44 heavy (non-hydrogen) atoms. The summed E-state index contributed by atoms with van der Waals surface area (Å²) >= 11 is 0. The molecule has 0 radical (unpaired) electrons. The first-order valence-corrected chi connectivity index (χ1v) is 15.2. The second-order valence-corrected chi connectivity index (χ2v) is 12.6. The lowest BCUT2D eigenvalue weighted by atomic mass is 9.84. The summed E-state index contributed by atoms with van der Waals surface area (Å²) < 4.78 is 53.0. The van der Waals surface area contributed by atoms with Crippen molar-refractivity contribution in [2.24, 2.45) is 0 Å². The predicted molar refractivity (Wildman–Crippen MR) is 163 cm³/mol. The zero-order chi connectivity index (χ0) is 32.4. The smallest absolute Gasteiger partial charge is 0.417 e. The fourth-order valence-electron chi connectivity index (χ4n) is 5.70. The van der Waals surface area contributed by atoms with Crippen LogP contribution in [0.3, 0.4) is 0 Å². The van der Waals surface area contributed by atoms with E-state index in [1.807, 2.05) is 38.1 Å². The maximum Gasteiger partial charge on any atom is 0.417 e. The van der Waals surface area contributed by atoms with E-state index in [1.54, 1.807) is 6.92 Å². The summed E-state index contributed by atoms with van der Waals surface area (Å²) in [4.78, 5) is 39.5. The highest BCUT2D eigenvalue weighted by Gasteiger charge is 2.48. The van der Waals surface area contributed by atoms with Crippen LogP contribution >= 0.6 is 0 Å². The van der Waals surface area contributed by atoms with Crippen molar-refractivity contribution in [2.75, 3.05) is 13.2 Å². The molecule has 4 rings (SSSR count). The topological polar surface area (TPSA) is 88.8 Å². The number of fused-ring (bicyclic) bond motifs is 1. The summed E-state index contributed by atoms with van der Waals surface area (Å²) in [6.07, 6.45) is -1.64. The van der Waals surface area contributed by atoms with Gasteiger partial charge in [0.05, 0.1) is 12.2 Å². The molecule has 1 fully saturated rings. The number of unbranched alkanes of at least 4 members (excludes halogenated alkanes) is 1. The van der Waals surface area contributed by atoms with Crippen LogP contribution in [0.4, 0.5) is 18.0 Å². The molecule has 1 aromatic heterocycles. The molecule has 1 atom stereocenters. The molecule has 1 aliphatic heterocycles. The van der Waals surface area contributed by atoms with E-state index in [0.29, 0.717) is 67.0 Å². The number of carbonyl (C=O) groups excluding carboxylic acids is 2. The van der Waals surface area contributed by atoms with Gasteiger partial charge in [-0.05, 0) is 60.8 Å². The molecule has 2 aromatic carbocycles. The van der Waals surface area contributed by atoms with Crippen molar-refractivity contribution in [1.82, 2.24) is 10.2 Å². The highest BCUT2D eigenvalue weighted by Crippen LogP contribution is 2.40. The molecule has 2 heterocycles. The minimum absolute atomic E-state index is 0.0440. The number of nitrogens with one attached hydrogen (secondary N) is 1. The number of nitrogens with zero attached hydrogens (tertiary/aromatic N) is 1. The first kappa shape index (κ1) is 33.1. The van der Waals surface area contributed by atoms with Gasteiger partial charge in [-0.15, -0.1) is 0 Å². The Hall–Kier alpha value is -3.82. The molecule has 0 spiro atoms. The standard InChI is InChI=1S/C34H41F3N2O5/c1-7-11-21-19-25-26(34(35,36)37)20-27(40)44-29(25)24(12-8-2)28(21)43-18-10-9-17-39-30(41)33(6,38-31(39)42)23-15-13-22(14-16-23)32(3,4)5/h13-16,19-20H,7-12,17-18H2,1-6H3,(H,38,42). The van der Waals surface area contributed by atoms with E-state index in [-0.39, 0.29) is 35.4 Å². The van der Waals surface area contributed by atoms with Gasteiger partial charge in [-0.1, -0.05) is 71.7 Å². The molecule has 1 saturated heterocycles. The molecule has 1 aliphatic rings. The Morgan fingerprint density at radius 2 is 1.61 bits per heavy atom. The molecule has 3 aromatic rings. The second-order valence-electron chi connectivity index (χ2n) is 12.6. The third-order valence-corrected chi connectivity index (χ3v) is 8.11. The Labute approximate surface area is 255 Å². The Bertz CT molecular complexity index is 1590. The Morgan fingerprint density at radius 1 is 0.955 bits per heavy atom. The van der Waals surface area contributed by atoms with E-state index in [9.17, 15) is 27.6 Å². The van der Waals surface area contributed by atoms with Gasteiger partial charge >= 0.3 is 17.8 Å². The molecule has 0 aliphatic carbocycles. The number of alkyl halides is 3. The van der Waals surface area contributed by atoms with Gasteiger partial charge in [0.25, 0.3) is 5.91 Å². The molecular formula is C34H41F3N2O5. The highest BCUT2D eigenvalue weighted by atomic mass is 19.4. The Kier molecular flexibility index (Phi) is 9.51. The van der Waals surface area contributed by atoms with Gasteiger partial charge in [-0.2, -0.15) is 13.2 Å². The summed E-state index contributed by atoms with van der Waals surface area (Å²) in [5, 5.41) is 2.69. The van der Waals surface area contributed by atoms with E-state index in [1.165, 1.54) is 11.0 Å². The SMILES string of the molecule is CCCc1cc2c(C(F)(F)F)cc(=O)oc2c(CCC)c1OCCCCN1C(=O)NC(C)(c2ccc(C(C)(C)C)cc2)C1=O. The summed E-state index contributed by atoms with van der Waals surface area (Å²) in [5.41, 5.74) is -0.511. The first-order chi connectivity index (χ1) is 20.6. The van der Waals surface area contributed by atoms with E-state index < -0.39 is 28.9 Å². The quantitative estimate of drug-likeness (QED) is 0.136. The summed E-state index contributed by atoms with van der Waals surface area (Å²) in [6.45, 7) is 12.2. The minimum atomic E-state index is -4.71. The number of rotatable bonds is 11. The number of hydrogen-bond donors (Lipinski definition) is 1. The van der Waals surface area contributed by atoms with Crippen molar-refractivity contribution >= 4 is 22.9 Å². The average Bonchev–Trinajstić information content (AvgIpc) is 3.16. The number of imide groups is 1. The van der Waals surface area contributed by atoms with Crippen LogP contribution in [0.2, 0.25) is 0 Å². The molecule has 7 nitrogen and oxygen atoms in total. The lowest BCUT2D eigenvalue weighted by Crippen LogP contribution is -2.41. The van der Waals surface area contributed by atoms with E-state index in [4.69, 9.17) is 9.15 Å². The lowest BCUT2D eigenvalue weighted by molar-refractivity contribution is -0.136. The van der Waals surface area contributed by atoms with Crippen LogP contribution in [0.1, 0.15) is 95.0 Å². The zero-order valence-corrected chi connectivity index (χ0v) is 26.2. The van der Waals surface area contributed by atoms with Crippen molar-refractivity contribution in [2.45, 2.75) is 97.2 Å². The number of carbonyl (C=O) groups is 2. The summed E-state index contributed by atoms with van der Waals surface area (Å²) in [6, 6.07) is 9.15. The van der Waals surface area contributed by atoms with Crippen molar-refractivity contribution in [3.8, 4) is 5.75 Å². The number of amides is 3. The number of ether oxygens (including phenoxy) is 1. The van der Waals surface area contributed by atoms with Gasteiger partial charge in [0.1, 0.15) is 16.9 Å². The molecule has 3 amide bonds. The van der Waals surface area contributed by atoms with Gasteiger partial charge < -0.3 is 14.5 Å². The van der Waals surface area contributed by atoms with Gasteiger partial charge in [0.2, 0.25) is 0 Å². The minimum Gasteiger partial charge on any atom is -0.493 e. The van der Waals surface area contributed by atoms with Gasteiger partial charge in [-0.3, -0.25) is 9.69 Å². The Balaban J connectivity index is 1.49. The van der Waals surface area contributed by atoms with Crippen molar-refractivity contribution in [1.29, 1.82) is 0 Å². The molecule has 1 N–H and O–H groups in total. The number of hydrogen-bond acceptors (Lipinski definition) is 5. The zero-order valence-electron chi connectivity index (χ0n) is 26.2. The third-order valence-electron chi connectivity index (χ3n) is 8.11. The van der Waals surface area contributed by atoms with E-state index in [0.717, 1.165) is 5.56 Å². The van der Waals surface area contributed by atoms with E-state index in [2.05, 4.69) is 26.1 Å². The van der Waals surface area contributed by atoms with Crippen LogP contribution in [0.15, 0.2) is 45.6 Å². The van der Waals surface area contributed by atoms with Crippen molar-refractivity contribution < 1.29 is 31.9 Å². The number of halogens is 3. The molecule has 10 heteroatoms. The second kappa shape index (κ2) is 12.7.